The first-order valence-electron chi connectivity index (χ1n) is 10.00. The Morgan fingerprint density at radius 2 is 1.66 bits per heavy atom. The van der Waals surface area contributed by atoms with Crippen molar-refractivity contribution in [2.75, 3.05) is 19.6 Å². The number of amides is 1. The highest BCUT2D eigenvalue weighted by molar-refractivity contribution is 7.89. The number of aryl methyl sites for hydroxylation is 1. The number of carbonyl (C=O) groups is 1. The molecule has 158 valence electrons. The fourth-order valence-corrected chi connectivity index (χ4v) is 4.20. The van der Waals surface area contributed by atoms with E-state index in [0.717, 1.165) is 30.8 Å². The highest BCUT2D eigenvalue weighted by Crippen LogP contribution is 2.17. The Bertz CT molecular complexity index is 938. The summed E-state index contributed by atoms with van der Waals surface area (Å²) in [6.45, 7) is 11.2. The topological polar surface area (TPSA) is 78.5 Å². The Kier molecular flexibility index (Phi) is 8.37. The van der Waals surface area contributed by atoms with Crippen LogP contribution in [-0.4, -0.2) is 38.9 Å². The second kappa shape index (κ2) is 10.5. The van der Waals surface area contributed by atoms with E-state index in [2.05, 4.69) is 34.9 Å². The zero-order valence-electron chi connectivity index (χ0n) is 17.7. The first kappa shape index (κ1) is 23.1. The lowest BCUT2D eigenvalue weighted by Crippen LogP contribution is -2.27. The van der Waals surface area contributed by atoms with Crippen LogP contribution in [0.5, 0.6) is 0 Å². The van der Waals surface area contributed by atoms with Gasteiger partial charge in [0.15, 0.2) is 0 Å². The van der Waals surface area contributed by atoms with E-state index in [1.807, 2.05) is 18.2 Å². The molecule has 0 unspecified atom stereocenters. The van der Waals surface area contributed by atoms with Crippen molar-refractivity contribution < 1.29 is 13.2 Å². The molecule has 2 aromatic rings. The SMILES string of the molecule is CCNS(=O)(=O)c1ccc(C)c(C(=O)NCc2ccccc2CN(CC)CC)c1. The average Bonchev–Trinajstić information content (AvgIpc) is 2.71. The summed E-state index contributed by atoms with van der Waals surface area (Å²) in [5.74, 6) is -0.284. The standard InChI is InChI=1S/C22H31N3O3S/c1-5-24-29(27,28)20-13-12-17(4)21(14-20)22(26)23-15-18-10-8-9-11-19(18)16-25(6-2)7-3/h8-14,24H,5-7,15-16H2,1-4H3,(H,23,26). The van der Waals surface area contributed by atoms with Gasteiger partial charge in [0.2, 0.25) is 10.0 Å². The van der Waals surface area contributed by atoms with Crippen LogP contribution in [0, 0.1) is 6.92 Å². The molecule has 0 aliphatic rings. The van der Waals surface area contributed by atoms with E-state index < -0.39 is 10.0 Å². The van der Waals surface area contributed by atoms with Crippen molar-refractivity contribution in [3.05, 3.63) is 64.7 Å². The predicted molar refractivity (Wildman–Crippen MR) is 116 cm³/mol. The summed E-state index contributed by atoms with van der Waals surface area (Å²) < 4.78 is 27.0. The van der Waals surface area contributed by atoms with Crippen LogP contribution in [0.15, 0.2) is 47.4 Å². The second-order valence-electron chi connectivity index (χ2n) is 6.89. The molecule has 7 heteroatoms. The van der Waals surface area contributed by atoms with Gasteiger partial charge in [-0.25, -0.2) is 13.1 Å². The summed E-state index contributed by atoms with van der Waals surface area (Å²) in [4.78, 5) is 15.2. The lowest BCUT2D eigenvalue weighted by molar-refractivity contribution is 0.0950. The number of sulfonamides is 1. The van der Waals surface area contributed by atoms with Crippen LogP contribution in [0.4, 0.5) is 0 Å². The third kappa shape index (κ3) is 6.13. The minimum Gasteiger partial charge on any atom is -0.348 e. The number of hydrogen-bond donors (Lipinski definition) is 2. The lowest BCUT2D eigenvalue weighted by Gasteiger charge is -2.20. The molecule has 2 N–H and O–H groups in total. The number of benzene rings is 2. The molecule has 0 saturated heterocycles. The van der Waals surface area contributed by atoms with Gasteiger partial charge in [0.25, 0.3) is 5.91 Å². The summed E-state index contributed by atoms with van der Waals surface area (Å²) in [7, 11) is -3.61. The lowest BCUT2D eigenvalue weighted by atomic mass is 10.1. The third-order valence-corrected chi connectivity index (χ3v) is 6.49. The average molecular weight is 418 g/mol. The largest absolute Gasteiger partial charge is 0.348 e. The van der Waals surface area contributed by atoms with Gasteiger partial charge in [0.05, 0.1) is 4.90 Å². The van der Waals surface area contributed by atoms with Crippen molar-refractivity contribution in [3.8, 4) is 0 Å². The van der Waals surface area contributed by atoms with Crippen molar-refractivity contribution in [3.63, 3.8) is 0 Å². The number of nitrogens with one attached hydrogen (secondary N) is 2. The summed E-state index contributed by atoms with van der Waals surface area (Å²) in [5, 5.41) is 2.94. The Morgan fingerprint density at radius 3 is 2.28 bits per heavy atom. The summed E-state index contributed by atoms with van der Waals surface area (Å²) in [5.41, 5.74) is 3.33. The van der Waals surface area contributed by atoms with Crippen LogP contribution in [0.1, 0.15) is 47.8 Å². The molecule has 2 rings (SSSR count). The van der Waals surface area contributed by atoms with Gasteiger partial charge in [-0.1, -0.05) is 51.1 Å². The summed E-state index contributed by atoms with van der Waals surface area (Å²) in [6, 6.07) is 12.7. The molecule has 0 radical (unpaired) electrons. The van der Waals surface area contributed by atoms with Crippen LogP contribution in [0.25, 0.3) is 0 Å². The van der Waals surface area contributed by atoms with Gasteiger partial charge < -0.3 is 5.32 Å². The van der Waals surface area contributed by atoms with Gasteiger partial charge in [-0.3, -0.25) is 9.69 Å². The van der Waals surface area contributed by atoms with Crippen LogP contribution in [-0.2, 0) is 23.1 Å². The minimum absolute atomic E-state index is 0.0945. The fourth-order valence-electron chi connectivity index (χ4n) is 3.13. The van der Waals surface area contributed by atoms with E-state index in [4.69, 9.17) is 0 Å². The maximum atomic E-state index is 12.8. The molecule has 0 spiro atoms. The van der Waals surface area contributed by atoms with Crippen LogP contribution < -0.4 is 10.0 Å². The highest BCUT2D eigenvalue weighted by atomic mass is 32.2. The van der Waals surface area contributed by atoms with Crippen molar-refractivity contribution in [2.24, 2.45) is 0 Å². The van der Waals surface area contributed by atoms with Gasteiger partial charge >= 0.3 is 0 Å². The van der Waals surface area contributed by atoms with E-state index in [1.165, 1.54) is 17.7 Å². The van der Waals surface area contributed by atoms with Crippen molar-refractivity contribution >= 4 is 15.9 Å². The Hall–Kier alpha value is -2.22. The van der Waals surface area contributed by atoms with E-state index in [-0.39, 0.29) is 10.8 Å². The smallest absolute Gasteiger partial charge is 0.251 e. The molecule has 6 nitrogen and oxygen atoms in total. The van der Waals surface area contributed by atoms with E-state index in [9.17, 15) is 13.2 Å². The quantitative estimate of drug-likeness (QED) is 0.623. The molecule has 0 atom stereocenters. The third-order valence-electron chi connectivity index (χ3n) is 4.94. The molecule has 0 saturated carbocycles. The van der Waals surface area contributed by atoms with E-state index in [1.54, 1.807) is 19.9 Å². The van der Waals surface area contributed by atoms with Gasteiger partial charge in [-0.15, -0.1) is 0 Å². The first-order chi connectivity index (χ1) is 13.8. The van der Waals surface area contributed by atoms with E-state index >= 15 is 0 Å². The number of rotatable bonds is 10. The number of hydrogen-bond acceptors (Lipinski definition) is 4. The zero-order chi connectivity index (χ0) is 21.4. The van der Waals surface area contributed by atoms with Crippen LogP contribution >= 0.6 is 0 Å². The molecule has 0 heterocycles. The number of nitrogens with zero attached hydrogens (tertiary/aromatic N) is 1. The molecular weight excluding hydrogens is 386 g/mol. The Balaban J connectivity index is 2.18. The molecule has 2 aromatic carbocycles. The monoisotopic (exact) mass is 417 g/mol. The van der Waals surface area contributed by atoms with Gasteiger partial charge in [-0.2, -0.15) is 0 Å². The van der Waals surface area contributed by atoms with Gasteiger partial charge in [0.1, 0.15) is 0 Å². The molecule has 29 heavy (non-hydrogen) atoms. The van der Waals surface area contributed by atoms with Gasteiger partial charge in [0, 0.05) is 25.2 Å². The zero-order valence-corrected chi connectivity index (χ0v) is 18.5. The molecule has 0 fully saturated rings. The van der Waals surface area contributed by atoms with E-state index in [0.29, 0.717) is 18.7 Å². The first-order valence-corrected chi connectivity index (χ1v) is 11.5. The van der Waals surface area contributed by atoms with Crippen LogP contribution in [0.2, 0.25) is 0 Å². The van der Waals surface area contributed by atoms with Crippen molar-refractivity contribution in [1.29, 1.82) is 0 Å². The van der Waals surface area contributed by atoms with Crippen molar-refractivity contribution in [1.82, 2.24) is 14.9 Å². The molecule has 0 aliphatic heterocycles. The number of carbonyl (C=O) groups excluding carboxylic acids is 1. The molecular formula is C22H31N3O3S. The summed E-state index contributed by atoms with van der Waals surface area (Å²) in [6.07, 6.45) is 0. The minimum atomic E-state index is -3.61. The molecule has 0 aromatic heterocycles. The van der Waals surface area contributed by atoms with Crippen LogP contribution in [0.3, 0.4) is 0 Å². The normalized spacial score (nSPS) is 11.6. The second-order valence-corrected chi connectivity index (χ2v) is 8.66. The molecule has 0 aliphatic carbocycles. The highest BCUT2D eigenvalue weighted by Gasteiger charge is 2.17. The van der Waals surface area contributed by atoms with Gasteiger partial charge in [-0.05, 0) is 48.8 Å². The van der Waals surface area contributed by atoms with Crippen molar-refractivity contribution in [2.45, 2.75) is 45.7 Å². The Labute approximate surface area is 174 Å². The molecule has 1 amide bonds. The summed E-state index contributed by atoms with van der Waals surface area (Å²) >= 11 is 0. The maximum absolute atomic E-state index is 12.8. The maximum Gasteiger partial charge on any atom is 0.251 e. The predicted octanol–water partition coefficient (Wildman–Crippen LogP) is 3.07. The Morgan fingerprint density at radius 1 is 1.00 bits per heavy atom. The fraction of sp³-hybridized carbons (Fsp3) is 0.409. The molecule has 0 bridgehead atoms.